The first-order valence-corrected chi connectivity index (χ1v) is 9.38. The smallest absolute Gasteiger partial charge is 0.315 e. The Kier molecular flexibility index (Phi) is 5.79. The van der Waals surface area contributed by atoms with Gasteiger partial charge in [-0.3, -0.25) is 4.79 Å². The first kappa shape index (κ1) is 18.3. The number of aromatic nitrogens is 3. The summed E-state index contributed by atoms with van der Waals surface area (Å²) < 4.78 is 7.25. The van der Waals surface area contributed by atoms with Crippen LogP contribution in [-0.4, -0.2) is 22.0 Å². The Morgan fingerprint density at radius 2 is 1.92 bits per heavy atom. The molecule has 3 aromatic rings. The molecule has 3 N–H and O–H groups in total. The van der Waals surface area contributed by atoms with Crippen LogP contribution in [0.4, 0.5) is 11.5 Å². The number of methoxy groups -OCH3 is 1. The molecule has 0 atom stereocenters. The van der Waals surface area contributed by atoms with Crippen LogP contribution in [0, 0.1) is 0 Å². The van der Waals surface area contributed by atoms with E-state index in [-0.39, 0.29) is 5.82 Å². The molecule has 1 aromatic heterocycles. The molecule has 0 saturated heterocycles. The summed E-state index contributed by atoms with van der Waals surface area (Å²) in [4.78, 5) is 12.5. The maximum atomic E-state index is 12.5. The second-order valence-electron chi connectivity index (χ2n) is 5.25. The molecule has 1 heterocycles. The summed E-state index contributed by atoms with van der Waals surface area (Å²) in [7, 11) is 1.55. The number of nitrogens with zero attached hydrogens (tertiary/aromatic N) is 3. The zero-order valence-electron chi connectivity index (χ0n) is 13.8. The van der Waals surface area contributed by atoms with Gasteiger partial charge >= 0.3 is 5.56 Å². The van der Waals surface area contributed by atoms with Crippen molar-refractivity contribution in [3.05, 3.63) is 68.9 Å². The van der Waals surface area contributed by atoms with Crippen LogP contribution in [0.1, 0.15) is 5.56 Å². The van der Waals surface area contributed by atoms with Crippen LogP contribution in [0.25, 0.3) is 0 Å². The number of benzene rings is 2. The summed E-state index contributed by atoms with van der Waals surface area (Å²) in [5, 5.41) is 11.3. The van der Waals surface area contributed by atoms with Gasteiger partial charge in [-0.15, -0.1) is 10.2 Å². The minimum Gasteiger partial charge on any atom is -0.495 e. The van der Waals surface area contributed by atoms with Crippen LogP contribution < -0.4 is 21.5 Å². The Labute approximate surface area is 162 Å². The monoisotopic (exact) mass is 433 g/mol. The first-order valence-electron chi connectivity index (χ1n) is 7.60. The molecule has 0 amide bonds. The molecule has 7 nitrogen and oxygen atoms in total. The molecule has 0 aliphatic carbocycles. The van der Waals surface area contributed by atoms with Crippen LogP contribution in [0.3, 0.4) is 0 Å². The summed E-state index contributed by atoms with van der Waals surface area (Å²) in [6.07, 6.45) is 0. The minimum atomic E-state index is -0.468. The van der Waals surface area contributed by atoms with E-state index in [4.69, 9.17) is 10.6 Å². The van der Waals surface area contributed by atoms with Gasteiger partial charge in [-0.2, -0.15) is 4.68 Å². The van der Waals surface area contributed by atoms with Crippen LogP contribution in [-0.2, 0) is 5.75 Å². The molecule has 26 heavy (non-hydrogen) atoms. The number of para-hydroxylation sites is 2. The Bertz CT molecular complexity index is 962. The lowest BCUT2D eigenvalue weighted by Gasteiger charge is -2.11. The molecule has 2 aromatic carbocycles. The van der Waals surface area contributed by atoms with E-state index >= 15 is 0 Å². The van der Waals surface area contributed by atoms with E-state index < -0.39 is 5.56 Å². The molecule has 134 valence electrons. The van der Waals surface area contributed by atoms with Gasteiger partial charge in [-0.25, -0.2) is 0 Å². The molecule has 9 heteroatoms. The number of hydrogen-bond acceptors (Lipinski definition) is 7. The normalized spacial score (nSPS) is 10.5. The minimum absolute atomic E-state index is 0.0324. The van der Waals surface area contributed by atoms with Gasteiger partial charge in [0.15, 0.2) is 0 Å². The van der Waals surface area contributed by atoms with Crippen molar-refractivity contribution in [2.24, 2.45) is 0 Å². The second kappa shape index (κ2) is 8.24. The van der Waals surface area contributed by atoms with Crippen molar-refractivity contribution in [3.8, 4) is 5.75 Å². The van der Waals surface area contributed by atoms with Crippen LogP contribution in [0.2, 0.25) is 0 Å². The van der Waals surface area contributed by atoms with Gasteiger partial charge in [-0.05, 0) is 29.8 Å². The largest absolute Gasteiger partial charge is 0.495 e. The maximum Gasteiger partial charge on any atom is 0.315 e. The molecular weight excluding hydrogens is 418 g/mol. The molecule has 0 bridgehead atoms. The van der Waals surface area contributed by atoms with Crippen molar-refractivity contribution in [2.45, 2.75) is 10.9 Å². The van der Waals surface area contributed by atoms with Gasteiger partial charge in [0.1, 0.15) is 5.75 Å². The fourth-order valence-electron chi connectivity index (χ4n) is 2.17. The molecule has 0 spiro atoms. The third-order valence-corrected chi connectivity index (χ3v) is 5.05. The highest BCUT2D eigenvalue weighted by Gasteiger charge is 2.12. The van der Waals surface area contributed by atoms with Crippen molar-refractivity contribution in [3.63, 3.8) is 0 Å². The fraction of sp³-hybridized carbons (Fsp3) is 0.118. The lowest BCUT2D eigenvalue weighted by molar-refractivity contribution is 0.417. The third kappa shape index (κ3) is 4.17. The highest BCUT2D eigenvalue weighted by molar-refractivity contribution is 9.10. The molecular formula is C17H16BrN5O2S. The van der Waals surface area contributed by atoms with E-state index in [9.17, 15) is 4.79 Å². The number of nitrogens with one attached hydrogen (secondary N) is 1. The molecule has 0 aliphatic heterocycles. The topological polar surface area (TPSA) is 95.1 Å². The Morgan fingerprint density at radius 3 is 2.65 bits per heavy atom. The van der Waals surface area contributed by atoms with E-state index in [0.717, 1.165) is 14.7 Å². The number of nitrogen functional groups attached to an aromatic ring is 1. The summed E-state index contributed by atoms with van der Waals surface area (Å²) >= 11 is 4.74. The number of halogens is 1. The zero-order valence-corrected chi connectivity index (χ0v) is 16.3. The average Bonchev–Trinajstić information content (AvgIpc) is 2.66. The second-order valence-corrected chi connectivity index (χ2v) is 7.10. The highest BCUT2D eigenvalue weighted by atomic mass is 79.9. The van der Waals surface area contributed by atoms with Crippen LogP contribution in [0.5, 0.6) is 5.75 Å². The average molecular weight is 434 g/mol. The van der Waals surface area contributed by atoms with Gasteiger partial charge in [0.2, 0.25) is 11.0 Å². The number of rotatable bonds is 6. The number of anilines is 2. The molecule has 0 saturated carbocycles. The Balaban J connectivity index is 1.78. The predicted molar refractivity (Wildman–Crippen MR) is 106 cm³/mol. The van der Waals surface area contributed by atoms with Gasteiger partial charge < -0.3 is 15.9 Å². The molecule has 0 aliphatic rings. The quantitative estimate of drug-likeness (QED) is 0.455. The van der Waals surface area contributed by atoms with Crippen LogP contribution >= 0.6 is 27.7 Å². The van der Waals surface area contributed by atoms with Gasteiger partial charge in [-0.1, -0.05) is 52.0 Å². The van der Waals surface area contributed by atoms with Crippen molar-refractivity contribution in [1.29, 1.82) is 0 Å². The fourth-order valence-corrected chi connectivity index (χ4v) is 3.24. The molecule has 0 fully saturated rings. The molecule has 3 rings (SSSR count). The lowest BCUT2D eigenvalue weighted by Crippen LogP contribution is -2.32. The lowest BCUT2D eigenvalue weighted by atomic mass is 10.2. The van der Waals surface area contributed by atoms with Gasteiger partial charge in [0.05, 0.1) is 12.8 Å². The first-order chi connectivity index (χ1) is 12.6. The molecule has 0 unspecified atom stereocenters. The maximum absolute atomic E-state index is 12.5. The standard InChI is InChI=1S/C17H16BrN5O2S/c1-25-14-5-3-2-4-13(14)20-15-16(24)23(19)17(22-21-15)26-10-11-6-8-12(18)9-7-11/h2-9H,10,19H2,1H3,(H,20,21). The van der Waals surface area contributed by atoms with Gasteiger partial charge in [0, 0.05) is 10.2 Å². The summed E-state index contributed by atoms with van der Waals surface area (Å²) in [6, 6.07) is 15.1. The molecule has 0 radical (unpaired) electrons. The van der Waals surface area contributed by atoms with E-state index in [0.29, 0.717) is 22.3 Å². The van der Waals surface area contributed by atoms with E-state index in [1.54, 1.807) is 19.2 Å². The van der Waals surface area contributed by atoms with E-state index in [1.165, 1.54) is 11.8 Å². The van der Waals surface area contributed by atoms with E-state index in [1.807, 2.05) is 36.4 Å². The highest BCUT2D eigenvalue weighted by Crippen LogP contribution is 2.25. The van der Waals surface area contributed by atoms with Crippen molar-refractivity contribution in [2.75, 3.05) is 18.3 Å². The SMILES string of the molecule is COc1ccccc1Nc1nnc(SCc2ccc(Br)cc2)n(N)c1=O. The van der Waals surface area contributed by atoms with Crippen molar-refractivity contribution < 1.29 is 4.74 Å². The summed E-state index contributed by atoms with van der Waals surface area (Å²) in [5.41, 5.74) is 1.23. The number of nitrogens with two attached hydrogens (primary N) is 1. The zero-order chi connectivity index (χ0) is 18.5. The van der Waals surface area contributed by atoms with E-state index in [2.05, 4.69) is 31.4 Å². The number of thioether (sulfide) groups is 1. The third-order valence-electron chi connectivity index (χ3n) is 3.50. The van der Waals surface area contributed by atoms with Crippen molar-refractivity contribution >= 4 is 39.2 Å². The van der Waals surface area contributed by atoms with Crippen molar-refractivity contribution in [1.82, 2.24) is 14.9 Å². The van der Waals surface area contributed by atoms with Gasteiger partial charge in [0.25, 0.3) is 0 Å². The predicted octanol–water partition coefficient (Wildman–Crippen LogP) is 3.16. The summed E-state index contributed by atoms with van der Waals surface area (Å²) in [6.45, 7) is 0. The Hall–Kier alpha value is -2.52. The summed E-state index contributed by atoms with van der Waals surface area (Å²) in [5.74, 6) is 7.14. The van der Waals surface area contributed by atoms with Crippen LogP contribution in [0.15, 0.2) is 63.0 Å². The number of hydrogen-bond donors (Lipinski definition) is 2. The number of ether oxygens (including phenoxy) is 1. The Morgan fingerprint density at radius 1 is 1.19 bits per heavy atom.